The summed E-state index contributed by atoms with van der Waals surface area (Å²) in [5.74, 6) is 1.57. The number of guanidine groups is 1. The standard InChI is InChI=1S/C13H17N3O/c1-10(16-13-14-7-4-8-15-13)11-5-3-6-12(9-11)17-2/h3,5-7,9-10H,4,8H2,1-2H3,(H,15,16)/t10-/m0/s1. The highest BCUT2D eigenvalue weighted by molar-refractivity contribution is 5.89. The summed E-state index contributed by atoms with van der Waals surface area (Å²) in [7, 11) is 1.67. The van der Waals surface area contributed by atoms with Crippen LogP contribution in [0.15, 0.2) is 34.3 Å². The zero-order chi connectivity index (χ0) is 12.1. The van der Waals surface area contributed by atoms with Crippen LogP contribution >= 0.6 is 0 Å². The van der Waals surface area contributed by atoms with Gasteiger partial charge in [-0.25, -0.2) is 9.98 Å². The zero-order valence-corrected chi connectivity index (χ0v) is 10.2. The van der Waals surface area contributed by atoms with E-state index in [1.807, 2.05) is 37.4 Å². The summed E-state index contributed by atoms with van der Waals surface area (Å²) in [6.07, 6.45) is 2.86. The molecule has 1 atom stereocenters. The Hall–Kier alpha value is -1.84. The van der Waals surface area contributed by atoms with E-state index in [0.29, 0.717) is 5.96 Å². The van der Waals surface area contributed by atoms with Gasteiger partial charge in [0.15, 0.2) is 0 Å². The summed E-state index contributed by atoms with van der Waals surface area (Å²) in [4.78, 5) is 8.75. The number of hydrogen-bond acceptors (Lipinski definition) is 2. The van der Waals surface area contributed by atoms with Crippen LogP contribution in [0.4, 0.5) is 0 Å². The van der Waals surface area contributed by atoms with Gasteiger partial charge in [-0.2, -0.15) is 0 Å². The van der Waals surface area contributed by atoms with Gasteiger partial charge in [-0.1, -0.05) is 12.1 Å². The maximum atomic E-state index is 5.20. The number of nitrogens with zero attached hydrogens (tertiary/aromatic N) is 2. The number of hydrogen-bond donors (Lipinski definition) is 1. The van der Waals surface area contributed by atoms with Gasteiger partial charge in [0.1, 0.15) is 5.75 Å². The third-order valence-electron chi connectivity index (χ3n) is 2.66. The van der Waals surface area contributed by atoms with E-state index in [2.05, 4.69) is 15.3 Å². The van der Waals surface area contributed by atoms with Gasteiger partial charge in [-0.15, -0.1) is 0 Å². The van der Waals surface area contributed by atoms with Gasteiger partial charge < -0.3 is 10.1 Å². The molecule has 1 aliphatic rings. The Morgan fingerprint density at radius 1 is 1.47 bits per heavy atom. The van der Waals surface area contributed by atoms with Crippen LogP contribution in [0, 0.1) is 0 Å². The lowest BCUT2D eigenvalue weighted by atomic mass is 10.1. The molecule has 4 nitrogen and oxygen atoms in total. The molecule has 0 spiro atoms. The van der Waals surface area contributed by atoms with Gasteiger partial charge in [0, 0.05) is 19.2 Å². The van der Waals surface area contributed by atoms with E-state index >= 15 is 0 Å². The summed E-state index contributed by atoms with van der Waals surface area (Å²) in [5, 5.41) is 3.17. The Kier molecular flexibility index (Phi) is 3.75. The summed E-state index contributed by atoms with van der Waals surface area (Å²) < 4.78 is 5.20. The SMILES string of the molecule is COc1cccc([C@H](C)N=C2N=CCCN2)c1. The van der Waals surface area contributed by atoms with E-state index in [-0.39, 0.29) is 6.04 Å². The molecule has 0 aliphatic carbocycles. The molecule has 17 heavy (non-hydrogen) atoms. The molecule has 1 heterocycles. The van der Waals surface area contributed by atoms with Crippen LogP contribution in [0.25, 0.3) is 0 Å². The normalized spacial score (nSPS) is 18.8. The second kappa shape index (κ2) is 5.48. The first-order valence-electron chi connectivity index (χ1n) is 5.78. The van der Waals surface area contributed by atoms with Gasteiger partial charge >= 0.3 is 0 Å². The van der Waals surface area contributed by atoms with Crippen molar-refractivity contribution in [3.63, 3.8) is 0 Å². The molecule has 4 heteroatoms. The van der Waals surface area contributed by atoms with E-state index in [9.17, 15) is 0 Å². The minimum atomic E-state index is 0.0721. The number of aliphatic imine (C=N–C) groups is 2. The third kappa shape index (κ3) is 3.06. The Bertz CT molecular complexity index is 440. The van der Waals surface area contributed by atoms with Crippen molar-refractivity contribution in [3.05, 3.63) is 29.8 Å². The molecule has 0 saturated heterocycles. The lowest BCUT2D eigenvalue weighted by Crippen LogP contribution is -2.27. The molecule has 0 aromatic heterocycles. The molecular weight excluding hydrogens is 214 g/mol. The highest BCUT2D eigenvalue weighted by Crippen LogP contribution is 2.21. The first kappa shape index (κ1) is 11.6. The lowest BCUT2D eigenvalue weighted by molar-refractivity contribution is 0.414. The summed E-state index contributed by atoms with van der Waals surface area (Å²) in [6.45, 7) is 2.96. The quantitative estimate of drug-likeness (QED) is 0.866. The van der Waals surface area contributed by atoms with Crippen molar-refractivity contribution in [2.75, 3.05) is 13.7 Å². The zero-order valence-electron chi connectivity index (χ0n) is 10.2. The summed E-state index contributed by atoms with van der Waals surface area (Å²) >= 11 is 0. The van der Waals surface area contributed by atoms with Crippen molar-refractivity contribution in [3.8, 4) is 5.75 Å². The van der Waals surface area contributed by atoms with Crippen molar-refractivity contribution in [1.29, 1.82) is 0 Å². The largest absolute Gasteiger partial charge is 0.497 e. The minimum Gasteiger partial charge on any atom is -0.497 e. The topological polar surface area (TPSA) is 46.0 Å². The van der Waals surface area contributed by atoms with Gasteiger partial charge in [0.25, 0.3) is 0 Å². The molecule has 0 unspecified atom stereocenters. The Balaban J connectivity index is 2.15. The molecule has 0 radical (unpaired) electrons. The average molecular weight is 231 g/mol. The monoisotopic (exact) mass is 231 g/mol. The maximum Gasteiger partial charge on any atom is 0.218 e. The van der Waals surface area contributed by atoms with Gasteiger partial charge in [0.05, 0.1) is 13.2 Å². The number of benzene rings is 1. The molecular formula is C13H17N3O. The smallest absolute Gasteiger partial charge is 0.218 e. The molecule has 1 aromatic carbocycles. The van der Waals surface area contributed by atoms with Crippen molar-refractivity contribution in [1.82, 2.24) is 5.32 Å². The molecule has 0 amide bonds. The summed E-state index contributed by atoms with van der Waals surface area (Å²) in [6, 6.07) is 8.02. The fraction of sp³-hybridized carbons (Fsp3) is 0.385. The molecule has 0 fully saturated rings. The van der Waals surface area contributed by atoms with E-state index in [0.717, 1.165) is 24.3 Å². The van der Waals surface area contributed by atoms with Crippen LogP contribution in [0.2, 0.25) is 0 Å². The van der Waals surface area contributed by atoms with Crippen molar-refractivity contribution < 1.29 is 4.74 Å². The fourth-order valence-corrected chi connectivity index (χ4v) is 1.68. The number of methoxy groups -OCH3 is 1. The van der Waals surface area contributed by atoms with Crippen molar-refractivity contribution >= 4 is 12.2 Å². The van der Waals surface area contributed by atoms with Crippen LogP contribution in [0.5, 0.6) is 5.75 Å². The van der Waals surface area contributed by atoms with E-state index in [1.165, 1.54) is 0 Å². The first-order chi connectivity index (χ1) is 8.29. The Morgan fingerprint density at radius 2 is 2.35 bits per heavy atom. The Labute approximate surface area is 101 Å². The van der Waals surface area contributed by atoms with Gasteiger partial charge in [-0.3, -0.25) is 0 Å². The highest BCUT2D eigenvalue weighted by Gasteiger charge is 2.07. The number of ether oxygens (including phenoxy) is 1. The minimum absolute atomic E-state index is 0.0721. The van der Waals surface area contributed by atoms with Crippen molar-refractivity contribution in [2.45, 2.75) is 19.4 Å². The third-order valence-corrected chi connectivity index (χ3v) is 2.66. The molecule has 0 saturated carbocycles. The van der Waals surface area contributed by atoms with E-state index in [4.69, 9.17) is 4.74 Å². The average Bonchev–Trinajstić information content (AvgIpc) is 2.40. The van der Waals surface area contributed by atoms with E-state index in [1.54, 1.807) is 7.11 Å². The predicted octanol–water partition coefficient (Wildman–Crippen LogP) is 2.18. The van der Waals surface area contributed by atoms with Gasteiger partial charge in [-0.05, 0) is 24.6 Å². The molecule has 0 bridgehead atoms. The number of rotatable bonds is 3. The highest BCUT2D eigenvalue weighted by atomic mass is 16.5. The maximum absolute atomic E-state index is 5.20. The van der Waals surface area contributed by atoms with Crippen LogP contribution in [-0.2, 0) is 0 Å². The van der Waals surface area contributed by atoms with Crippen LogP contribution in [-0.4, -0.2) is 25.8 Å². The molecule has 90 valence electrons. The molecule has 1 aliphatic heterocycles. The second-order valence-corrected chi connectivity index (χ2v) is 3.93. The van der Waals surface area contributed by atoms with Crippen LogP contribution in [0.3, 0.4) is 0 Å². The fourth-order valence-electron chi connectivity index (χ4n) is 1.68. The molecule has 1 aromatic rings. The number of nitrogens with one attached hydrogen (secondary N) is 1. The summed E-state index contributed by atoms with van der Waals surface area (Å²) in [5.41, 5.74) is 1.12. The van der Waals surface area contributed by atoms with Crippen LogP contribution in [0.1, 0.15) is 24.9 Å². The predicted molar refractivity (Wildman–Crippen MR) is 70.0 cm³/mol. The lowest BCUT2D eigenvalue weighted by Gasteiger charge is -2.13. The molecule has 1 N–H and O–H groups in total. The Morgan fingerprint density at radius 3 is 3.06 bits per heavy atom. The van der Waals surface area contributed by atoms with Crippen LogP contribution < -0.4 is 10.1 Å². The molecule has 2 rings (SSSR count). The van der Waals surface area contributed by atoms with Crippen molar-refractivity contribution in [2.24, 2.45) is 9.98 Å². The van der Waals surface area contributed by atoms with Gasteiger partial charge in [0.2, 0.25) is 5.96 Å². The second-order valence-electron chi connectivity index (χ2n) is 3.93. The first-order valence-corrected chi connectivity index (χ1v) is 5.78. The van der Waals surface area contributed by atoms with E-state index < -0.39 is 0 Å².